The number of benzene rings is 3. The van der Waals surface area contributed by atoms with Gasteiger partial charge >= 0.3 is 23.9 Å². The van der Waals surface area contributed by atoms with Crippen molar-refractivity contribution in [2.45, 2.75) is 32.2 Å². The van der Waals surface area contributed by atoms with Crippen molar-refractivity contribution in [1.29, 1.82) is 0 Å². The number of hydrogen-bond acceptors (Lipinski definition) is 8. The number of likely N-dealkylation sites (tertiary alicyclic amines) is 1. The number of fused-ring (bicyclic) bond motifs is 1. The first-order valence-corrected chi connectivity index (χ1v) is 16.8. The van der Waals surface area contributed by atoms with Crippen molar-refractivity contribution >= 4 is 46.5 Å². The molecule has 5 rings (SSSR count). The first-order chi connectivity index (χ1) is 25.3. The molecule has 3 aromatic carbocycles. The lowest BCUT2D eigenvalue weighted by Gasteiger charge is -2.32. The van der Waals surface area contributed by atoms with Gasteiger partial charge in [-0.3, -0.25) is 0 Å². The molecule has 53 heavy (non-hydrogen) atoms. The fourth-order valence-electron chi connectivity index (χ4n) is 5.47. The summed E-state index contributed by atoms with van der Waals surface area (Å²) in [7, 11) is 3.32. The predicted octanol–water partition coefficient (Wildman–Crippen LogP) is 5.82. The van der Waals surface area contributed by atoms with E-state index in [1.807, 2.05) is 36.4 Å². The monoisotopic (exact) mass is 753 g/mol. The van der Waals surface area contributed by atoms with Crippen molar-refractivity contribution in [3.8, 4) is 11.5 Å². The lowest BCUT2D eigenvalue weighted by atomic mass is 9.93. The molecule has 1 saturated heterocycles. The number of aromatic nitrogens is 2. The average molecular weight is 754 g/mol. The van der Waals surface area contributed by atoms with E-state index in [0.717, 1.165) is 73.5 Å². The van der Waals surface area contributed by atoms with Gasteiger partial charge in [0.25, 0.3) is 0 Å². The van der Waals surface area contributed by atoms with Crippen LogP contribution in [0.4, 0.5) is 4.39 Å². The minimum Gasteiger partial charge on any atom is -0.497 e. The lowest BCUT2D eigenvalue weighted by molar-refractivity contribution is -0.134. The van der Waals surface area contributed by atoms with Crippen LogP contribution >= 0.6 is 11.6 Å². The second kappa shape index (κ2) is 21.0. The van der Waals surface area contributed by atoms with Gasteiger partial charge in [-0.1, -0.05) is 35.9 Å². The van der Waals surface area contributed by atoms with Gasteiger partial charge in [-0.2, -0.15) is 0 Å². The molecule has 0 amide bonds. The molecule has 1 aliphatic rings. The Bertz CT molecular complexity index is 1840. The van der Waals surface area contributed by atoms with E-state index in [0.29, 0.717) is 47.5 Å². The van der Waals surface area contributed by atoms with Crippen LogP contribution in [0.2, 0.25) is 5.02 Å². The number of imidazole rings is 1. The zero-order valence-electron chi connectivity index (χ0n) is 29.2. The van der Waals surface area contributed by atoms with Crippen LogP contribution in [0.25, 0.3) is 11.0 Å². The lowest BCUT2D eigenvalue weighted by Crippen LogP contribution is -2.36. The van der Waals surface area contributed by atoms with Crippen molar-refractivity contribution in [3.05, 3.63) is 113 Å². The number of ether oxygens (including phenoxy) is 2. The number of carboxylic acids is 4. The Kier molecular flexibility index (Phi) is 16.5. The molecule has 1 aliphatic heterocycles. The highest BCUT2D eigenvalue weighted by Gasteiger charge is 2.23. The molecule has 1 fully saturated rings. The van der Waals surface area contributed by atoms with Crippen LogP contribution in [0.1, 0.15) is 29.8 Å². The number of piperidine rings is 1. The number of aliphatic carboxylic acids is 4. The third kappa shape index (κ3) is 14.4. The first kappa shape index (κ1) is 41.7. The number of rotatable bonds is 13. The van der Waals surface area contributed by atoms with Gasteiger partial charge in [0.15, 0.2) is 0 Å². The highest BCUT2D eigenvalue weighted by molar-refractivity contribution is 6.32. The zero-order valence-corrected chi connectivity index (χ0v) is 29.9. The average Bonchev–Trinajstić information content (AvgIpc) is 3.45. The summed E-state index contributed by atoms with van der Waals surface area (Å²) in [6, 6.07) is 18.9. The van der Waals surface area contributed by atoms with Crippen molar-refractivity contribution in [3.63, 3.8) is 0 Å². The van der Waals surface area contributed by atoms with Crippen LogP contribution in [0.15, 0.2) is 85.0 Å². The highest BCUT2D eigenvalue weighted by Crippen LogP contribution is 2.32. The Hall–Kier alpha value is -5.73. The zero-order chi connectivity index (χ0) is 38.9. The highest BCUT2D eigenvalue weighted by atomic mass is 35.5. The van der Waals surface area contributed by atoms with Crippen molar-refractivity contribution in [1.82, 2.24) is 14.5 Å². The van der Waals surface area contributed by atoms with Crippen LogP contribution < -0.4 is 9.47 Å². The molecule has 4 N–H and O–H groups in total. The smallest absolute Gasteiger partial charge is 0.328 e. The molecule has 0 saturated carbocycles. The summed E-state index contributed by atoms with van der Waals surface area (Å²) < 4.78 is 26.5. The van der Waals surface area contributed by atoms with Gasteiger partial charge < -0.3 is 39.4 Å². The van der Waals surface area contributed by atoms with Crippen LogP contribution in [0.3, 0.4) is 0 Å². The van der Waals surface area contributed by atoms with Gasteiger partial charge in [0, 0.05) is 49.9 Å². The molecule has 1 aromatic heterocycles. The molecule has 0 radical (unpaired) electrons. The molecular weight excluding hydrogens is 713 g/mol. The Morgan fingerprint density at radius 1 is 0.811 bits per heavy atom. The second-order valence-electron chi connectivity index (χ2n) is 11.8. The summed E-state index contributed by atoms with van der Waals surface area (Å²) in [6.45, 7) is 3.88. The largest absolute Gasteiger partial charge is 0.497 e. The van der Waals surface area contributed by atoms with Gasteiger partial charge in [-0.25, -0.2) is 28.6 Å². The molecule has 15 heteroatoms. The van der Waals surface area contributed by atoms with Crippen LogP contribution in [0, 0.1) is 11.7 Å². The standard InChI is InChI=1S/C30H33ClFN3O2.2C4H4O4/c1-36-25-9-5-21(6-10-25)11-14-34-15-12-22(13-16-34)17-30-33-27-18-26(31)29(37-2)19-28(27)35(30)20-23-3-7-24(32)8-4-23;2*5-3(6)1-2-4(7)8/h3-10,18-19,22H,11-17,20H2,1-2H3;2*1-2H,(H,5,6)(H,7,8). The maximum absolute atomic E-state index is 13.5. The maximum atomic E-state index is 13.5. The summed E-state index contributed by atoms with van der Waals surface area (Å²) >= 11 is 6.41. The van der Waals surface area contributed by atoms with Crippen LogP contribution in [0.5, 0.6) is 11.5 Å². The Balaban J connectivity index is 0.000000395. The van der Waals surface area contributed by atoms with Crippen LogP contribution in [-0.4, -0.2) is 92.6 Å². The number of halogens is 2. The maximum Gasteiger partial charge on any atom is 0.328 e. The van der Waals surface area contributed by atoms with E-state index in [1.54, 1.807) is 14.2 Å². The van der Waals surface area contributed by atoms with E-state index in [9.17, 15) is 23.6 Å². The Labute approximate surface area is 310 Å². The summed E-state index contributed by atoms with van der Waals surface area (Å²) in [6.07, 6.45) is 6.47. The normalized spacial score (nSPS) is 13.2. The van der Waals surface area contributed by atoms with E-state index in [2.05, 4.69) is 21.6 Å². The number of hydrogen-bond donors (Lipinski definition) is 4. The molecule has 4 aromatic rings. The number of nitrogens with zero attached hydrogens (tertiary/aromatic N) is 3. The SMILES string of the molecule is COc1ccc(CCN2CCC(Cc3nc4cc(Cl)c(OC)cc4n3Cc3ccc(F)cc3)CC2)cc1.O=C(O)C=CC(=O)O.O=C(O)C=CC(=O)O. The minimum atomic E-state index is -1.26. The third-order valence-corrected chi connectivity index (χ3v) is 8.44. The van der Waals surface area contributed by atoms with Gasteiger partial charge in [-0.15, -0.1) is 0 Å². The molecule has 0 aliphatic carbocycles. The molecule has 0 unspecified atom stereocenters. The Morgan fingerprint density at radius 3 is 1.83 bits per heavy atom. The first-order valence-electron chi connectivity index (χ1n) is 16.4. The van der Waals surface area contributed by atoms with Crippen molar-refractivity contribution in [2.75, 3.05) is 33.9 Å². The van der Waals surface area contributed by atoms with Gasteiger partial charge in [-0.05, 0) is 79.7 Å². The predicted molar refractivity (Wildman–Crippen MR) is 195 cm³/mol. The van der Waals surface area contributed by atoms with E-state index < -0.39 is 23.9 Å². The Morgan fingerprint density at radius 2 is 1.34 bits per heavy atom. The van der Waals surface area contributed by atoms with Gasteiger partial charge in [0.2, 0.25) is 0 Å². The van der Waals surface area contributed by atoms with E-state index >= 15 is 0 Å². The van der Waals surface area contributed by atoms with Gasteiger partial charge in [0.05, 0.1) is 30.3 Å². The molecule has 13 nitrogen and oxygen atoms in total. The molecule has 2 heterocycles. The molecular formula is C38H41ClFN3O10. The quantitative estimate of drug-likeness (QED) is 0.120. The second-order valence-corrected chi connectivity index (χ2v) is 12.2. The number of methoxy groups -OCH3 is 2. The minimum absolute atomic E-state index is 0.230. The summed E-state index contributed by atoms with van der Waals surface area (Å²) in [4.78, 5) is 45.8. The molecule has 282 valence electrons. The van der Waals surface area contributed by atoms with E-state index in [1.165, 1.54) is 17.7 Å². The van der Waals surface area contributed by atoms with Crippen molar-refractivity contribution < 1.29 is 53.5 Å². The molecule has 0 bridgehead atoms. The fourth-order valence-corrected chi connectivity index (χ4v) is 5.71. The summed E-state index contributed by atoms with van der Waals surface area (Å²) in [5.74, 6) is -2.12. The number of carbonyl (C=O) groups is 4. The number of carboxylic acid groups (broad SMARTS) is 4. The van der Waals surface area contributed by atoms with Crippen LogP contribution in [-0.2, 0) is 38.6 Å². The molecule has 0 atom stereocenters. The van der Waals surface area contributed by atoms with E-state index in [-0.39, 0.29) is 5.82 Å². The molecule has 0 spiro atoms. The fraction of sp³-hybridized carbons (Fsp3) is 0.289. The summed E-state index contributed by atoms with van der Waals surface area (Å²) in [5, 5.41) is 31.8. The summed E-state index contributed by atoms with van der Waals surface area (Å²) in [5.41, 5.74) is 4.22. The third-order valence-electron chi connectivity index (χ3n) is 8.15. The van der Waals surface area contributed by atoms with Crippen molar-refractivity contribution in [2.24, 2.45) is 5.92 Å². The van der Waals surface area contributed by atoms with Gasteiger partial charge in [0.1, 0.15) is 23.1 Å². The van der Waals surface area contributed by atoms with E-state index in [4.69, 9.17) is 46.5 Å². The topological polar surface area (TPSA) is 189 Å².